The number of hydrogen-bond acceptors (Lipinski definition) is 7. The molecular formula is C17H16N4O3S2. The third-order valence-electron chi connectivity index (χ3n) is 4.14. The van der Waals surface area contributed by atoms with Crippen molar-refractivity contribution in [2.24, 2.45) is 0 Å². The number of carbonyl (C=O) groups is 1. The third kappa shape index (κ3) is 3.32. The number of nitrogens with one attached hydrogen (secondary N) is 2. The van der Waals surface area contributed by atoms with Crippen LogP contribution in [-0.4, -0.2) is 31.7 Å². The molecule has 1 aliphatic carbocycles. The van der Waals surface area contributed by atoms with Crippen LogP contribution >= 0.6 is 23.1 Å². The molecular weight excluding hydrogens is 372 g/mol. The number of thioether (sulfide) groups is 1. The predicted octanol–water partition coefficient (Wildman–Crippen LogP) is 2.45. The van der Waals surface area contributed by atoms with Crippen molar-refractivity contribution in [1.82, 2.24) is 15.0 Å². The van der Waals surface area contributed by atoms with Gasteiger partial charge in [-0.3, -0.25) is 9.59 Å². The second-order valence-corrected chi connectivity index (χ2v) is 8.03. The number of aromatic amines is 1. The topological polar surface area (TPSA) is 108 Å². The number of fused-ring (bicyclic) bond motifs is 3. The van der Waals surface area contributed by atoms with E-state index >= 15 is 0 Å². The number of amides is 1. The minimum absolute atomic E-state index is 0.0759. The molecule has 1 amide bonds. The van der Waals surface area contributed by atoms with Crippen LogP contribution in [0.1, 0.15) is 22.7 Å². The summed E-state index contributed by atoms with van der Waals surface area (Å²) in [6.07, 6.45) is 4.58. The van der Waals surface area contributed by atoms with E-state index in [0.29, 0.717) is 11.6 Å². The van der Waals surface area contributed by atoms with Crippen LogP contribution < -0.4 is 10.9 Å². The summed E-state index contributed by atoms with van der Waals surface area (Å²) in [6.45, 7) is 0. The van der Waals surface area contributed by atoms with Crippen molar-refractivity contribution in [3.63, 3.8) is 0 Å². The molecule has 0 aliphatic heterocycles. The van der Waals surface area contributed by atoms with Crippen LogP contribution in [0.5, 0.6) is 5.75 Å². The molecule has 0 radical (unpaired) electrons. The maximum absolute atomic E-state index is 12.4. The number of nitrogens with zero attached hydrogens (tertiary/aromatic N) is 2. The third-order valence-corrected chi connectivity index (χ3v) is 6.27. The number of pyridine rings is 1. The van der Waals surface area contributed by atoms with Gasteiger partial charge in [0, 0.05) is 11.1 Å². The standard InChI is InChI=1S/C17H16N4O3S2/c22-10-4-2-6-18-15(10)21-13(23)8-25-7-12-19-16(24)14-9-3-1-5-11(9)26-17(14)20-12/h2,4,6,22H,1,3,5,7-8H2,(H,18,21,23)(H,19,20,24). The van der Waals surface area contributed by atoms with Crippen LogP contribution in [0.4, 0.5) is 5.82 Å². The first kappa shape index (κ1) is 17.0. The second kappa shape index (κ2) is 7.08. The van der Waals surface area contributed by atoms with E-state index in [1.165, 1.54) is 28.9 Å². The SMILES string of the molecule is O=C(CSCc1nc2sc3c(c2c(=O)[nH]1)CCC3)Nc1ncccc1O. The number of aryl methyl sites for hydroxylation is 2. The Labute approximate surface area is 156 Å². The van der Waals surface area contributed by atoms with Crippen molar-refractivity contribution in [2.75, 3.05) is 11.1 Å². The summed E-state index contributed by atoms with van der Waals surface area (Å²) >= 11 is 2.94. The van der Waals surface area contributed by atoms with E-state index in [1.807, 2.05) is 0 Å². The van der Waals surface area contributed by atoms with Crippen molar-refractivity contribution in [1.29, 1.82) is 0 Å². The fraction of sp³-hybridized carbons (Fsp3) is 0.294. The maximum Gasteiger partial charge on any atom is 0.259 e. The lowest BCUT2D eigenvalue weighted by molar-refractivity contribution is -0.113. The van der Waals surface area contributed by atoms with Crippen LogP contribution in [0.15, 0.2) is 23.1 Å². The molecule has 1 aliphatic rings. The smallest absolute Gasteiger partial charge is 0.259 e. The molecule has 9 heteroatoms. The number of rotatable bonds is 5. The molecule has 3 aromatic heterocycles. The predicted molar refractivity (Wildman–Crippen MR) is 103 cm³/mol. The lowest BCUT2D eigenvalue weighted by atomic mass is 10.2. The molecule has 0 saturated heterocycles. The Kier molecular flexibility index (Phi) is 4.64. The summed E-state index contributed by atoms with van der Waals surface area (Å²) in [4.78, 5) is 37.7. The normalized spacial score (nSPS) is 13.1. The molecule has 3 aromatic rings. The molecule has 0 aromatic carbocycles. The number of anilines is 1. The number of hydrogen-bond donors (Lipinski definition) is 3. The summed E-state index contributed by atoms with van der Waals surface area (Å²) in [5.74, 6) is 0.948. The van der Waals surface area contributed by atoms with Gasteiger partial charge in [-0.05, 0) is 37.0 Å². The minimum Gasteiger partial charge on any atom is -0.504 e. The highest BCUT2D eigenvalue weighted by Crippen LogP contribution is 2.34. The molecule has 0 atom stereocenters. The summed E-state index contributed by atoms with van der Waals surface area (Å²) in [6, 6.07) is 3.04. The number of aromatic nitrogens is 3. The summed E-state index contributed by atoms with van der Waals surface area (Å²) < 4.78 is 0. The Hall–Kier alpha value is -2.39. The van der Waals surface area contributed by atoms with E-state index in [0.717, 1.165) is 35.0 Å². The van der Waals surface area contributed by atoms with Gasteiger partial charge in [-0.1, -0.05) is 0 Å². The highest BCUT2D eigenvalue weighted by molar-refractivity contribution is 7.99. The Morgan fingerprint density at radius 1 is 1.42 bits per heavy atom. The molecule has 0 spiro atoms. The first-order valence-electron chi connectivity index (χ1n) is 8.17. The van der Waals surface area contributed by atoms with Crippen LogP contribution in [0.3, 0.4) is 0 Å². The monoisotopic (exact) mass is 388 g/mol. The van der Waals surface area contributed by atoms with Crippen molar-refractivity contribution in [3.8, 4) is 5.75 Å². The van der Waals surface area contributed by atoms with E-state index in [9.17, 15) is 14.7 Å². The first-order valence-corrected chi connectivity index (χ1v) is 10.1. The van der Waals surface area contributed by atoms with Gasteiger partial charge in [-0.25, -0.2) is 9.97 Å². The van der Waals surface area contributed by atoms with Gasteiger partial charge in [0.25, 0.3) is 5.56 Å². The molecule has 3 heterocycles. The lowest BCUT2D eigenvalue weighted by Crippen LogP contribution is -2.16. The van der Waals surface area contributed by atoms with E-state index in [2.05, 4.69) is 20.3 Å². The van der Waals surface area contributed by atoms with Crippen LogP contribution in [-0.2, 0) is 23.4 Å². The van der Waals surface area contributed by atoms with E-state index < -0.39 is 0 Å². The highest BCUT2D eigenvalue weighted by Gasteiger charge is 2.21. The summed E-state index contributed by atoms with van der Waals surface area (Å²) in [5.41, 5.74) is 1.07. The largest absolute Gasteiger partial charge is 0.504 e. The van der Waals surface area contributed by atoms with E-state index in [1.54, 1.807) is 17.4 Å². The van der Waals surface area contributed by atoms with Crippen molar-refractivity contribution in [3.05, 3.63) is 44.9 Å². The fourth-order valence-corrected chi connectivity index (χ4v) is 4.99. The number of aromatic hydroxyl groups is 1. The zero-order valence-corrected chi connectivity index (χ0v) is 15.4. The maximum atomic E-state index is 12.4. The first-order chi connectivity index (χ1) is 12.6. The zero-order valence-electron chi connectivity index (χ0n) is 13.7. The van der Waals surface area contributed by atoms with Gasteiger partial charge in [0.1, 0.15) is 10.7 Å². The van der Waals surface area contributed by atoms with E-state index in [4.69, 9.17) is 0 Å². The molecule has 0 bridgehead atoms. The minimum atomic E-state index is -0.275. The molecule has 134 valence electrons. The van der Waals surface area contributed by atoms with Gasteiger partial charge in [0.2, 0.25) is 5.91 Å². The van der Waals surface area contributed by atoms with Gasteiger partial charge in [-0.2, -0.15) is 0 Å². The zero-order chi connectivity index (χ0) is 18.1. The van der Waals surface area contributed by atoms with Gasteiger partial charge >= 0.3 is 0 Å². The van der Waals surface area contributed by atoms with E-state index in [-0.39, 0.29) is 28.8 Å². The summed E-state index contributed by atoms with van der Waals surface area (Å²) in [5, 5.41) is 12.9. The fourth-order valence-electron chi connectivity index (χ4n) is 3.02. The van der Waals surface area contributed by atoms with Crippen molar-refractivity contribution >= 4 is 45.0 Å². The Balaban J connectivity index is 1.40. The molecule has 4 rings (SSSR count). The van der Waals surface area contributed by atoms with Crippen LogP contribution in [0.25, 0.3) is 10.2 Å². The Morgan fingerprint density at radius 2 is 2.31 bits per heavy atom. The van der Waals surface area contributed by atoms with Gasteiger partial charge in [0.05, 0.1) is 16.9 Å². The number of H-pyrrole nitrogens is 1. The van der Waals surface area contributed by atoms with Crippen LogP contribution in [0, 0.1) is 0 Å². The second-order valence-electron chi connectivity index (χ2n) is 5.96. The molecule has 3 N–H and O–H groups in total. The lowest BCUT2D eigenvalue weighted by Gasteiger charge is -2.05. The highest BCUT2D eigenvalue weighted by atomic mass is 32.2. The average molecular weight is 388 g/mol. The molecule has 7 nitrogen and oxygen atoms in total. The van der Waals surface area contributed by atoms with Gasteiger partial charge in [-0.15, -0.1) is 23.1 Å². The Bertz CT molecular complexity index is 1040. The number of thiophene rings is 1. The quantitative estimate of drug-likeness (QED) is 0.620. The summed E-state index contributed by atoms with van der Waals surface area (Å²) in [7, 11) is 0. The van der Waals surface area contributed by atoms with Gasteiger partial charge < -0.3 is 15.4 Å². The van der Waals surface area contributed by atoms with Crippen molar-refractivity contribution < 1.29 is 9.90 Å². The average Bonchev–Trinajstić information content (AvgIpc) is 3.17. The molecule has 0 saturated carbocycles. The van der Waals surface area contributed by atoms with Crippen LogP contribution in [0.2, 0.25) is 0 Å². The van der Waals surface area contributed by atoms with Crippen molar-refractivity contribution in [2.45, 2.75) is 25.0 Å². The van der Waals surface area contributed by atoms with Gasteiger partial charge in [0.15, 0.2) is 11.6 Å². The molecule has 0 fully saturated rings. The molecule has 0 unspecified atom stereocenters. The molecule has 26 heavy (non-hydrogen) atoms. The number of carbonyl (C=O) groups excluding carboxylic acids is 1. The Morgan fingerprint density at radius 3 is 3.15 bits per heavy atom.